The summed E-state index contributed by atoms with van der Waals surface area (Å²) in [7, 11) is 0. The maximum absolute atomic E-state index is 12.0. The Labute approximate surface area is 121 Å². The van der Waals surface area contributed by atoms with Crippen molar-refractivity contribution >= 4 is 23.2 Å². The quantitative estimate of drug-likeness (QED) is 0.831. The second-order valence-electron chi connectivity index (χ2n) is 3.98. The minimum atomic E-state index is -0.396. The lowest BCUT2D eigenvalue weighted by Crippen LogP contribution is -2.12. The summed E-state index contributed by atoms with van der Waals surface area (Å²) in [5, 5.41) is 6.72. The van der Waals surface area contributed by atoms with Gasteiger partial charge < -0.3 is 15.6 Å². The number of carbonyl (C=O) groups is 1. The normalized spacial score (nSPS) is 9.75. The number of nitrogens with one attached hydrogen (secondary N) is 1. The molecule has 1 amide bonds. The minimum Gasteiger partial charge on any atom is -0.361 e. The van der Waals surface area contributed by atoms with Gasteiger partial charge in [-0.05, 0) is 25.1 Å². The molecule has 0 unspecified atom stereocenters. The van der Waals surface area contributed by atoms with E-state index in [4.69, 9.17) is 21.9 Å². The highest BCUT2D eigenvalue weighted by atomic mass is 35.5. The van der Waals surface area contributed by atoms with Crippen molar-refractivity contribution in [2.24, 2.45) is 5.73 Å². The van der Waals surface area contributed by atoms with Crippen molar-refractivity contribution in [1.29, 1.82) is 0 Å². The highest BCUT2D eigenvalue weighted by Crippen LogP contribution is 2.23. The first-order valence-electron chi connectivity index (χ1n) is 5.83. The van der Waals surface area contributed by atoms with Gasteiger partial charge in [-0.15, -0.1) is 0 Å². The first kappa shape index (κ1) is 14.1. The number of aromatic nitrogens is 1. The molecule has 0 saturated carbocycles. The zero-order chi connectivity index (χ0) is 14.5. The molecule has 1 aromatic carbocycles. The van der Waals surface area contributed by atoms with E-state index in [0.717, 1.165) is 0 Å². The van der Waals surface area contributed by atoms with Crippen LogP contribution in [0.4, 0.5) is 5.69 Å². The van der Waals surface area contributed by atoms with Gasteiger partial charge in [0.1, 0.15) is 5.76 Å². The smallest absolute Gasteiger partial charge is 0.277 e. The molecule has 0 aliphatic carbocycles. The van der Waals surface area contributed by atoms with Crippen molar-refractivity contribution in [3.05, 3.63) is 46.3 Å². The Hall–Kier alpha value is -2.29. The van der Waals surface area contributed by atoms with Gasteiger partial charge in [0.15, 0.2) is 5.69 Å². The van der Waals surface area contributed by atoms with Gasteiger partial charge in [0.25, 0.3) is 5.91 Å². The zero-order valence-electron chi connectivity index (χ0n) is 10.7. The van der Waals surface area contributed by atoms with Crippen LogP contribution in [0, 0.1) is 18.8 Å². The highest BCUT2D eigenvalue weighted by Gasteiger charge is 2.12. The van der Waals surface area contributed by atoms with E-state index in [1.54, 1.807) is 31.2 Å². The first-order chi connectivity index (χ1) is 9.60. The summed E-state index contributed by atoms with van der Waals surface area (Å²) in [6.45, 7) is 1.97. The Kier molecular flexibility index (Phi) is 4.41. The molecule has 6 heteroatoms. The van der Waals surface area contributed by atoms with Gasteiger partial charge >= 0.3 is 0 Å². The number of amides is 1. The molecule has 5 nitrogen and oxygen atoms in total. The van der Waals surface area contributed by atoms with Crippen LogP contribution in [0.3, 0.4) is 0 Å². The summed E-state index contributed by atoms with van der Waals surface area (Å²) in [5.41, 5.74) is 6.68. The molecule has 0 atom stereocenters. The summed E-state index contributed by atoms with van der Waals surface area (Å²) in [6.07, 6.45) is 0. The molecule has 0 bridgehead atoms. The summed E-state index contributed by atoms with van der Waals surface area (Å²) in [4.78, 5) is 12.0. The molecule has 20 heavy (non-hydrogen) atoms. The number of hydrogen-bond donors (Lipinski definition) is 2. The van der Waals surface area contributed by atoms with Gasteiger partial charge in [-0.25, -0.2) is 0 Å². The lowest BCUT2D eigenvalue weighted by molar-refractivity contribution is 0.101. The second kappa shape index (κ2) is 6.24. The predicted octanol–water partition coefficient (Wildman–Crippen LogP) is 2.20. The van der Waals surface area contributed by atoms with E-state index < -0.39 is 5.91 Å². The maximum atomic E-state index is 12.0. The Morgan fingerprint density at radius 1 is 1.50 bits per heavy atom. The van der Waals surface area contributed by atoms with Gasteiger partial charge in [-0.2, -0.15) is 0 Å². The van der Waals surface area contributed by atoms with Crippen molar-refractivity contribution in [2.75, 3.05) is 11.9 Å². The molecule has 0 aliphatic heterocycles. The van der Waals surface area contributed by atoms with Crippen LogP contribution >= 0.6 is 11.6 Å². The van der Waals surface area contributed by atoms with Gasteiger partial charge in [-0.3, -0.25) is 4.79 Å². The SMILES string of the molecule is Cc1cc(C(=O)Nc2cc(C#CCN)ccc2Cl)no1. The van der Waals surface area contributed by atoms with Crippen LogP contribution in [0.25, 0.3) is 0 Å². The molecule has 1 aromatic heterocycles. The average Bonchev–Trinajstić information content (AvgIpc) is 2.86. The van der Waals surface area contributed by atoms with E-state index >= 15 is 0 Å². The fourth-order valence-corrected chi connectivity index (χ4v) is 1.68. The summed E-state index contributed by atoms with van der Waals surface area (Å²) < 4.78 is 4.85. The Morgan fingerprint density at radius 3 is 2.95 bits per heavy atom. The Bertz CT molecular complexity index is 698. The summed E-state index contributed by atoms with van der Waals surface area (Å²) in [6, 6.07) is 6.63. The fourth-order valence-electron chi connectivity index (χ4n) is 1.51. The zero-order valence-corrected chi connectivity index (χ0v) is 11.5. The maximum Gasteiger partial charge on any atom is 0.277 e. The highest BCUT2D eigenvalue weighted by molar-refractivity contribution is 6.34. The number of carbonyl (C=O) groups excluding carboxylic acids is 1. The molecule has 2 aromatic rings. The minimum absolute atomic E-state index is 0.192. The number of nitrogens with zero attached hydrogens (tertiary/aromatic N) is 1. The molecule has 2 rings (SSSR count). The number of aryl methyl sites for hydroxylation is 1. The topological polar surface area (TPSA) is 81.2 Å². The average molecular weight is 290 g/mol. The second-order valence-corrected chi connectivity index (χ2v) is 4.38. The van der Waals surface area contributed by atoms with Crippen LogP contribution in [0.1, 0.15) is 21.8 Å². The van der Waals surface area contributed by atoms with E-state index in [2.05, 4.69) is 22.3 Å². The summed E-state index contributed by atoms with van der Waals surface area (Å²) in [5.74, 6) is 5.77. The van der Waals surface area contributed by atoms with Gasteiger partial charge in [0.2, 0.25) is 0 Å². The van der Waals surface area contributed by atoms with Crippen molar-refractivity contribution in [3.8, 4) is 11.8 Å². The predicted molar refractivity (Wildman–Crippen MR) is 76.6 cm³/mol. The molecular formula is C14H12ClN3O2. The number of nitrogens with two attached hydrogens (primary N) is 1. The molecule has 0 radical (unpaired) electrons. The van der Waals surface area contributed by atoms with E-state index in [0.29, 0.717) is 22.0 Å². The van der Waals surface area contributed by atoms with E-state index in [1.165, 1.54) is 0 Å². The number of hydrogen-bond acceptors (Lipinski definition) is 4. The van der Waals surface area contributed by atoms with E-state index in [-0.39, 0.29) is 12.2 Å². The van der Waals surface area contributed by atoms with Crippen LogP contribution in [0.15, 0.2) is 28.8 Å². The molecule has 0 spiro atoms. The molecule has 0 aliphatic rings. The third-order valence-corrected chi connectivity index (χ3v) is 2.74. The lowest BCUT2D eigenvalue weighted by atomic mass is 10.2. The van der Waals surface area contributed by atoms with Crippen molar-refractivity contribution in [1.82, 2.24) is 5.16 Å². The third-order valence-electron chi connectivity index (χ3n) is 2.41. The van der Waals surface area contributed by atoms with Crippen LogP contribution in [-0.2, 0) is 0 Å². The van der Waals surface area contributed by atoms with Crippen molar-refractivity contribution in [3.63, 3.8) is 0 Å². The van der Waals surface area contributed by atoms with E-state index in [1.807, 2.05) is 0 Å². The van der Waals surface area contributed by atoms with Crippen LogP contribution < -0.4 is 11.1 Å². The number of anilines is 1. The standard InChI is InChI=1S/C14H12ClN3O2/c1-9-7-13(18-20-9)14(19)17-12-8-10(3-2-6-16)4-5-11(12)15/h4-5,7-8H,6,16H2,1H3,(H,17,19). The Morgan fingerprint density at radius 2 is 2.30 bits per heavy atom. The van der Waals surface area contributed by atoms with Crippen LogP contribution in [0.5, 0.6) is 0 Å². The number of rotatable bonds is 2. The van der Waals surface area contributed by atoms with Crippen molar-refractivity contribution in [2.45, 2.75) is 6.92 Å². The van der Waals surface area contributed by atoms with E-state index in [9.17, 15) is 4.79 Å². The number of benzene rings is 1. The monoisotopic (exact) mass is 289 g/mol. The lowest BCUT2D eigenvalue weighted by Gasteiger charge is -2.05. The van der Waals surface area contributed by atoms with Crippen LogP contribution in [-0.4, -0.2) is 17.6 Å². The molecule has 0 fully saturated rings. The van der Waals surface area contributed by atoms with Crippen molar-refractivity contribution < 1.29 is 9.32 Å². The van der Waals surface area contributed by atoms with Gasteiger partial charge in [-0.1, -0.05) is 28.6 Å². The molecule has 1 heterocycles. The van der Waals surface area contributed by atoms with Gasteiger partial charge in [0, 0.05) is 11.6 Å². The summed E-state index contributed by atoms with van der Waals surface area (Å²) >= 11 is 6.04. The first-order valence-corrected chi connectivity index (χ1v) is 6.21. The van der Waals surface area contributed by atoms with Crippen LogP contribution in [0.2, 0.25) is 5.02 Å². The van der Waals surface area contributed by atoms with Gasteiger partial charge in [0.05, 0.1) is 17.3 Å². The molecule has 0 saturated heterocycles. The molecule has 3 N–H and O–H groups in total. The Balaban J connectivity index is 2.22. The third kappa shape index (κ3) is 3.38. The largest absolute Gasteiger partial charge is 0.361 e. The molecule has 102 valence electrons. The fraction of sp³-hybridized carbons (Fsp3) is 0.143. The molecular weight excluding hydrogens is 278 g/mol. The number of halogens is 1.